The molecule has 0 bridgehead atoms. The molecule has 156 valence electrons. The Morgan fingerprint density at radius 2 is 1.69 bits per heavy atom. The van der Waals surface area contributed by atoms with E-state index in [2.05, 4.69) is 5.32 Å². The summed E-state index contributed by atoms with van der Waals surface area (Å²) in [6.45, 7) is 3.57. The van der Waals surface area contributed by atoms with Crippen molar-refractivity contribution < 1.29 is 14.3 Å². The van der Waals surface area contributed by atoms with Gasteiger partial charge in [-0.15, -0.1) is 12.4 Å². The Balaban J connectivity index is 0.00000300. The third-order valence-corrected chi connectivity index (χ3v) is 5.09. The van der Waals surface area contributed by atoms with Gasteiger partial charge in [0.1, 0.15) is 5.54 Å². The zero-order valence-corrected chi connectivity index (χ0v) is 17.4. The van der Waals surface area contributed by atoms with Crippen molar-refractivity contribution in [1.82, 2.24) is 0 Å². The Hall–Kier alpha value is -2.41. The van der Waals surface area contributed by atoms with Crippen molar-refractivity contribution >= 4 is 35.6 Å². The van der Waals surface area contributed by atoms with E-state index >= 15 is 0 Å². The van der Waals surface area contributed by atoms with Gasteiger partial charge in [0, 0.05) is 31.1 Å². The Morgan fingerprint density at radius 3 is 2.28 bits per heavy atom. The molecule has 0 saturated carbocycles. The zero-order valence-electron chi connectivity index (χ0n) is 16.6. The summed E-state index contributed by atoms with van der Waals surface area (Å²) in [7, 11) is 0. The lowest BCUT2D eigenvalue weighted by Crippen LogP contribution is -2.54. The third-order valence-electron chi connectivity index (χ3n) is 5.09. The van der Waals surface area contributed by atoms with E-state index in [0.29, 0.717) is 44.7 Å². The fourth-order valence-electron chi connectivity index (χ4n) is 3.31. The van der Waals surface area contributed by atoms with E-state index in [4.69, 9.17) is 10.5 Å². The number of nitrogens with two attached hydrogens (primary N) is 1. The number of nitrogens with one attached hydrogen (secondary N) is 1. The van der Waals surface area contributed by atoms with Gasteiger partial charge < -0.3 is 20.7 Å². The molecule has 2 amide bonds. The van der Waals surface area contributed by atoms with Crippen LogP contribution in [-0.4, -0.2) is 37.1 Å². The van der Waals surface area contributed by atoms with E-state index < -0.39 is 5.54 Å². The van der Waals surface area contributed by atoms with Crippen LogP contribution < -0.4 is 16.0 Å². The maximum absolute atomic E-state index is 12.7. The highest BCUT2D eigenvalue weighted by molar-refractivity contribution is 5.98. The molecule has 0 aromatic heterocycles. The van der Waals surface area contributed by atoms with Crippen molar-refractivity contribution in [3.63, 3.8) is 0 Å². The number of ether oxygens (including phenoxy) is 1. The van der Waals surface area contributed by atoms with Crippen LogP contribution in [0.15, 0.2) is 54.6 Å². The molecule has 1 heterocycles. The minimum absolute atomic E-state index is 0. The molecule has 29 heavy (non-hydrogen) atoms. The first-order valence-corrected chi connectivity index (χ1v) is 9.64. The number of hydrogen-bond acceptors (Lipinski definition) is 4. The van der Waals surface area contributed by atoms with Crippen molar-refractivity contribution in [2.75, 3.05) is 30.0 Å². The highest BCUT2D eigenvalue weighted by Crippen LogP contribution is 2.21. The number of likely N-dealkylation sites (N-methyl/N-ethyl adjacent to an activating group) is 1. The van der Waals surface area contributed by atoms with E-state index in [1.54, 1.807) is 4.90 Å². The number of para-hydroxylation sites is 1. The second-order valence-corrected chi connectivity index (χ2v) is 7.07. The zero-order chi connectivity index (χ0) is 20.0. The maximum atomic E-state index is 12.7. The summed E-state index contributed by atoms with van der Waals surface area (Å²) < 4.78 is 5.28. The highest BCUT2D eigenvalue weighted by Gasteiger charge is 2.35. The van der Waals surface area contributed by atoms with Gasteiger partial charge in [-0.1, -0.05) is 30.3 Å². The molecular formula is C22H28ClN3O3. The summed E-state index contributed by atoms with van der Waals surface area (Å²) in [6.07, 6.45) is 1.32. The summed E-state index contributed by atoms with van der Waals surface area (Å²) in [5.41, 5.74) is 7.78. The molecule has 0 atom stereocenters. The lowest BCUT2D eigenvalue weighted by molar-refractivity contribution is -0.124. The molecule has 0 aliphatic carbocycles. The molecule has 0 spiro atoms. The minimum Gasteiger partial charge on any atom is -0.381 e. The number of carbonyl (C=O) groups is 2. The highest BCUT2D eigenvalue weighted by atomic mass is 35.5. The normalized spacial score (nSPS) is 15.1. The van der Waals surface area contributed by atoms with Crippen LogP contribution in [0.5, 0.6) is 0 Å². The average molecular weight is 418 g/mol. The minimum atomic E-state index is -0.885. The van der Waals surface area contributed by atoms with Crippen molar-refractivity contribution in [3.05, 3.63) is 60.2 Å². The molecular weight excluding hydrogens is 390 g/mol. The first-order valence-electron chi connectivity index (χ1n) is 9.64. The predicted molar refractivity (Wildman–Crippen MR) is 117 cm³/mol. The SMILES string of the molecule is CCN(C(=O)Cc1ccc(NC(=O)C2(N)CCOCC2)cc1)c1ccccc1.Cl. The van der Waals surface area contributed by atoms with Gasteiger partial charge in [0.25, 0.3) is 0 Å². The van der Waals surface area contributed by atoms with Gasteiger partial charge in [0.2, 0.25) is 11.8 Å². The number of halogens is 1. The molecule has 1 saturated heterocycles. The molecule has 6 nitrogen and oxygen atoms in total. The quantitative estimate of drug-likeness (QED) is 0.756. The molecule has 3 rings (SSSR count). The summed E-state index contributed by atoms with van der Waals surface area (Å²) in [6, 6.07) is 17.0. The van der Waals surface area contributed by atoms with E-state index in [0.717, 1.165) is 11.3 Å². The lowest BCUT2D eigenvalue weighted by Gasteiger charge is -2.31. The van der Waals surface area contributed by atoms with Crippen LogP contribution in [0.3, 0.4) is 0 Å². The van der Waals surface area contributed by atoms with Crippen LogP contribution in [0.4, 0.5) is 11.4 Å². The number of benzene rings is 2. The second kappa shape index (κ2) is 10.4. The number of hydrogen-bond donors (Lipinski definition) is 2. The standard InChI is InChI=1S/C22H27N3O3.ClH/c1-2-25(19-6-4-3-5-7-19)20(26)16-17-8-10-18(11-9-17)24-21(27)22(23)12-14-28-15-13-22;/h3-11H,2,12-16,23H2,1H3,(H,24,27);1H. The molecule has 0 radical (unpaired) electrons. The Labute approximate surface area is 177 Å². The van der Waals surface area contributed by atoms with Gasteiger partial charge >= 0.3 is 0 Å². The first kappa shape index (κ1) is 22.9. The Kier molecular flexibility index (Phi) is 8.20. The van der Waals surface area contributed by atoms with Crippen molar-refractivity contribution in [1.29, 1.82) is 0 Å². The van der Waals surface area contributed by atoms with Crippen LogP contribution >= 0.6 is 12.4 Å². The van der Waals surface area contributed by atoms with Gasteiger partial charge in [0.05, 0.1) is 6.42 Å². The maximum Gasteiger partial charge on any atom is 0.244 e. The molecule has 0 unspecified atom stereocenters. The number of anilines is 2. The molecule has 2 aromatic carbocycles. The van der Waals surface area contributed by atoms with Crippen molar-refractivity contribution in [2.24, 2.45) is 5.73 Å². The van der Waals surface area contributed by atoms with E-state index in [1.165, 1.54) is 0 Å². The second-order valence-electron chi connectivity index (χ2n) is 7.07. The van der Waals surface area contributed by atoms with Crippen LogP contribution in [0.1, 0.15) is 25.3 Å². The topological polar surface area (TPSA) is 84.7 Å². The Bertz CT molecular complexity index is 806. The molecule has 2 aromatic rings. The lowest BCUT2D eigenvalue weighted by atomic mass is 9.90. The Morgan fingerprint density at radius 1 is 1.07 bits per heavy atom. The average Bonchev–Trinajstić information content (AvgIpc) is 2.71. The summed E-state index contributed by atoms with van der Waals surface area (Å²) in [5, 5.41) is 2.88. The molecule has 7 heteroatoms. The van der Waals surface area contributed by atoms with Crippen LogP contribution in [-0.2, 0) is 20.7 Å². The molecule has 1 aliphatic heterocycles. The van der Waals surface area contributed by atoms with Gasteiger partial charge in [0.15, 0.2) is 0 Å². The fourth-order valence-corrected chi connectivity index (χ4v) is 3.31. The smallest absolute Gasteiger partial charge is 0.244 e. The number of rotatable bonds is 6. The number of amides is 2. The predicted octanol–water partition coefficient (Wildman–Crippen LogP) is 3.15. The fraction of sp³-hybridized carbons (Fsp3) is 0.364. The van der Waals surface area contributed by atoms with E-state index in [9.17, 15) is 9.59 Å². The summed E-state index contributed by atoms with van der Waals surface area (Å²) >= 11 is 0. The molecule has 3 N–H and O–H groups in total. The largest absolute Gasteiger partial charge is 0.381 e. The third kappa shape index (κ3) is 5.79. The van der Waals surface area contributed by atoms with Crippen molar-refractivity contribution in [2.45, 2.75) is 31.7 Å². The monoisotopic (exact) mass is 417 g/mol. The summed E-state index contributed by atoms with van der Waals surface area (Å²) in [5.74, 6) is -0.158. The molecule has 1 fully saturated rings. The van der Waals surface area contributed by atoms with Crippen LogP contribution in [0.2, 0.25) is 0 Å². The van der Waals surface area contributed by atoms with Gasteiger partial charge in [-0.3, -0.25) is 9.59 Å². The van der Waals surface area contributed by atoms with Crippen LogP contribution in [0, 0.1) is 0 Å². The van der Waals surface area contributed by atoms with E-state index in [-0.39, 0.29) is 24.2 Å². The van der Waals surface area contributed by atoms with E-state index in [1.807, 2.05) is 61.5 Å². The van der Waals surface area contributed by atoms with Gasteiger partial charge in [-0.2, -0.15) is 0 Å². The first-order chi connectivity index (χ1) is 13.5. The van der Waals surface area contributed by atoms with Crippen molar-refractivity contribution in [3.8, 4) is 0 Å². The van der Waals surface area contributed by atoms with Gasteiger partial charge in [-0.05, 0) is 49.6 Å². The number of nitrogens with zero attached hydrogens (tertiary/aromatic N) is 1. The summed E-state index contributed by atoms with van der Waals surface area (Å²) in [4.78, 5) is 26.9. The molecule has 1 aliphatic rings. The number of carbonyl (C=O) groups excluding carboxylic acids is 2. The van der Waals surface area contributed by atoms with Crippen LogP contribution in [0.25, 0.3) is 0 Å². The van der Waals surface area contributed by atoms with Gasteiger partial charge in [-0.25, -0.2) is 0 Å².